The molecule has 29 heavy (non-hydrogen) atoms. The van der Waals surface area contributed by atoms with Crippen LogP contribution < -0.4 is 10.5 Å². The Bertz CT molecular complexity index is 1160. The van der Waals surface area contributed by atoms with Crippen LogP contribution in [0.5, 0.6) is 0 Å². The molecule has 1 saturated heterocycles. The highest BCUT2D eigenvalue weighted by Crippen LogP contribution is 2.27. The van der Waals surface area contributed by atoms with Crippen LogP contribution in [0.3, 0.4) is 0 Å². The third-order valence-electron chi connectivity index (χ3n) is 5.13. The van der Waals surface area contributed by atoms with E-state index in [-0.39, 0.29) is 5.56 Å². The van der Waals surface area contributed by atoms with Crippen LogP contribution in [-0.4, -0.2) is 67.2 Å². The summed E-state index contributed by atoms with van der Waals surface area (Å²) in [6.07, 6.45) is 5.15. The monoisotopic (exact) mass is 408 g/mol. The molecule has 5 rings (SSSR count). The maximum Gasteiger partial charge on any atom is 0.266 e. The summed E-state index contributed by atoms with van der Waals surface area (Å²) in [5.74, 6) is 1.66. The zero-order chi connectivity index (χ0) is 19.6. The van der Waals surface area contributed by atoms with Gasteiger partial charge in [0.1, 0.15) is 17.0 Å². The molecule has 0 bridgehead atoms. The van der Waals surface area contributed by atoms with E-state index in [0.717, 1.165) is 48.8 Å². The number of piperazine rings is 1. The predicted molar refractivity (Wildman–Crippen MR) is 112 cm³/mol. The van der Waals surface area contributed by atoms with Crippen molar-refractivity contribution in [3.8, 4) is 5.82 Å². The molecule has 9 nitrogen and oxygen atoms in total. The standard InChI is InChI=1S/C19H20N8OS/c28-17-3-2-16(26-6-1-5-22-26)23-27(17)12-9-24-7-10-25(11-8-24)18-15-4-13-29-19(15)21-14-20-18/h1-6,13-14H,7-12H2. The van der Waals surface area contributed by atoms with E-state index in [2.05, 4.69) is 41.4 Å². The van der Waals surface area contributed by atoms with Gasteiger partial charge in [-0.05, 0) is 23.6 Å². The largest absolute Gasteiger partial charge is 0.353 e. The summed E-state index contributed by atoms with van der Waals surface area (Å²) in [5, 5.41) is 11.8. The lowest BCUT2D eigenvalue weighted by Gasteiger charge is -2.35. The molecule has 1 aliphatic rings. The van der Waals surface area contributed by atoms with Crippen LogP contribution in [0.4, 0.5) is 5.82 Å². The number of fused-ring (bicyclic) bond motifs is 1. The molecule has 0 radical (unpaired) electrons. The van der Waals surface area contributed by atoms with Gasteiger partial charge in [0.05, 0.1) is 11.9 Å². The number of thiophene rings is 1. The van der Waals surface area contributed by atoms with Crippen LogP contribution in [0, 0.1) is 0 Å². The van der Waals surface area contributed by atoms with Gasteiger partial charge in [0.25, 0.3) is 5.56 Å². The Hall–Kier alpha value is -3.11. The highest BCUT2D eigenvalue weighted by Gasteiger charge is 2.20. The second-order valence-electron chi connectivity index (χ2n) is 6.87. The fraction of sp³-hybridized carbons (Fsp3) is 0.316. The lowest BCUT2D eigenvalue weighted by atomic mass is 10.2. The van der Waals surface area contributed by atoms with Gasteiger partial charge in [-0.3, -0.25) is 9.69 Å². The van der Waals surface area contributed by atoms with E-state index in [1.165, 1.54) is 4.68 Å². The van der Waals surface area contributed by atoms with Crippen molar-refractivity contribution in [3.05, 3.63) is 58.7 Å². The summed E-state index contributed by atoms with van der Waals surface area (Å²) in [6.45, 7) is 4.97. The van der Waals surface area contributed by atoms with Gasteiger partial charge in [-0.1, -0.05) is 0 Å². The third kappa shape index (κ3) is 3.64. The fourth-order valence-corrected chi connectivity index (χ4v) is 4.30. The molecule has 0 aromatic carbocycles. The number of hydrogen-bond donors (Lipinski definition) is 0. The van der Waals surface area contributed by atoms with Gasteiger partial charge in [-0.25, -0.2) is 19.3 Å². The minimum Gasteiger partial charge on any atom is -0.353 e. The number of aromatic nitrogens is 6. The Morgan fingerprint density at radius 3 is 2.76 bits per heavy atom. The zero-order valence-corrected chi connectivity index (χ0v) is 16.6. The lowest BCUT2D eigenvalue weighted by Crippen LogP contribution is -2.48. The van der Waals surface area contributed by atoms with Gasteiger partial charge >= 0.3 is 0 Å². The van der Waals surface area contributed by atoms with E-state index in [0.29, 0.717) is 12.4 Å². The van der Waals surface area contributed by atoms with Gasteiger partial charge in [0.2, 0.25) is 0 Å². The highest BCUT2D eigenvalue weighted by molar-refractivity contribution is 7.16. The number of rotatable bonds is 5. The highest BCUT2D eigenvalue weighted by atomic mass is 32.1. The number of hydrogen-bond acceptors (Lipinski definition) is 8. The summed E-state index contributed by atoms with van der Waals surface area (Å²) in [7, 11) is 0. The molecule has 0 unspecified atom stereocenters. The third-order valence-corrected chi connectivity index (χ3v) is 5.95. The van der Waals surface area contributed by atoms with Gasteiger partial charge in [0, 0.05) is 51.2 Å². The van der Waals surface area contributed by atoms with Gasteiger partial charge in [-0.15, -0.1) is 16.4 Å². The van der Waals surface area contributed by atoms with Crippen LogP contribution in [0.25, 0.3) is 16.0 Å². The molecule has 0 amide bonds. The molecule has 1 aliphatic heterocycles. The molecule has 5 heterocycles. The van der Waals surface area contributed by atoms with Crippen LogP contribution in [0.1, 0.15) is 0 Å². The summed E-state index contributed by atoms with van der Waals surface area (Å²) in [5.41, 5.74) is -0.0969. The van der Waals surface area contributed by atoms with Crippen LogP contribution in [0.2, 0.25) is 0 Å². The number of anilines is 1. The van der Waals surface area contributed by atoms with Gasteiger partial charge < -0.3 is 4.90 Å². The van der Waals surface area contributed by atoms with E-state index < -0.39 is 0 Å². The molecule has 0 atom stereocenters. The molecule has 4 aromatic rings. The molecule has 0 saturated carbocycles. The second kappa shape index (κ2) is 7.72. The van der Waals surface area contributed by atoms with Crippen molar-refractivity contribution in [3.63, 3.8) is 0 Å². The lowest BCUT2D eigenvalue weighted by molar-refractivity contribution is 0.242. The Morgan fingerprint density at radius 1 is 1.03 bits per heavy atom. The van der Waals surface area contributed by atoms with E-state index in [4.69, 9.17) is 0 Å². The van der Waals surface area contributed by atoms with Gasteiger partial charge in [-0.2, -0.15) is 5.10 Å². The van der Waals surface area contributed by atoms with Crippen molar-refractivity contribution in [1.29, 1.82) is 0 Å². The predicted octanol–water partition coefficient (Wildman–Crippen LogP) is 1.26. The quantitative estimate of drug-likeness (QED) is 0.491. The first kappa shape index (κ1) is 18.0. The van der Waals surface area contributed by atoms with Crippen molar-refractivity contribution < 1.29 is 0 Å². The molecule has 0 aliphatic carbocycles. The normalized spacial score (nSPS) is 15.2. The van der Waals surface area contributed by atoms with Crippen molar-refractivity contribution in [2.75, 3.05) is 37.6 Å². The first-order valence-electron chi connectivity index (χ1n) is 9.52. The van der Waals surface area contributed by atoms with Crippen molar-refractivity contribution >= 4 is 27.4 Å². The topological polar surface area (TPSA) is 85.0 Å². The van der Waals surface area contributed by atoms with Crippen LogP contribution in [0.15, 0.2) is 53.2 Å². The maximum absolute atomic E-state index is 12.2. The van der Waals surface area contributed by atoms with Crippen LogP contribution in [-0.2, 0) is 6.54 Å². The first-order chi connectivity index (χ1) is 14.3. The Balaban J connectivity index is 1.22. The minimum absolute atomic E-state index is 0.0969. The summed E-state index contributed by atoms with van der Waals surface area (Å²) < 4.78 is 3.17. The minimum atomic E-state index is -0.0969. The fourth-order valence-electron chi connectivity index (χ4n) is 3.57. The molecule has 4 aromatic heterocycles. The SMILES string of the molecule is O=c1ccc(-n2cccn2)nn1CCN1CCN(c2ncnc3sccc23)CC1. The molecule has 10 heteroatoms. The smallest absolute Gasteiger partial charge is 0.266 e. The Labute approximate surface area is 170 Å². The van der Waals surface area contributed by atoms with E-state index in [1.807, 2.05) is 12.3 Å². The van der Waals surface area contributed by atoms with E-state index >= 15 is 0 Å². The average Bonchev–Trinajstić information content (AvgIpc) is 3.45. The van der Waals surface area contributed by atoms with Crippen LogP contribution >= 0.6 is 11.3 Å². The summed E-state index contributed by atoms with van der Waals surface area (Å²) >= 11 is 1.64. The van der Waals surface area contributed by atoms with E-state index in [9.17, 15) is 4.79 Å². The van der Waals surface area contributed by atoms with Crippen molar-refractivity contribution in [2.45, 2.75) is 6.54 Å². The Kier molecular flexibility index (Phi) is 4.78. The molecule has 148 valence electrons. The zero-order valence-electron chi connectivity index (χ0n) is 15.8. The molecular weight excluding hydrogens is 388 g/mol. The molecular formula is C19H20N8OS. The molecule has 1 fully saturated rings. The molecule has 0 N–H and O–H groups in total. The molecule has 0 spiro atoms. The second-order valence-corrected chi connectivity index (χ2v) is 7.76. The first-order valence-corrected chi connectivity index (χ1v) is 10.4. The summed E-state index contributed by atoms with van der Waals surface area (Å²) in [6, 6.07) is 7.16. The average molecular weight is 408 g/mol. The summed E-state index contributed by atoms with van der Waals surface area (Å²) in [4.78, 5) is 26.7. The van der Waals surface area contributed by atoms with Crippen molar-refractivity contribution in [2.24, 2.45) is 0 Å². The Morgan fingerprint density at radius 2 is 1.93 bits per heavy atom. The van der Waals surface area contributed by atoms with E-state index in [1.54, 1.807) is 40.7 Å². The van der Waals surface area contributed by atoms with Gasteiger partial charge in [0.15, 0.2) is 5.82 Å². The van der Waals surface area contributed by atoms with Crippen molar-refractivity contribution in [1.82, 2.24) is 34.4 Å². The maximum atomic E-state index is 12.2. The number of nitrogens with zero attached hydrogens (tertiary/aromatic N) is 8.